The van der Waals surface area contributed by atoms with Gasteiger partial charge >= 0.3 is 0 Å². The third-order valence-electron chi connectivity index (χ3n) is 7.06. The van der Waals surface area contributed by atoms with Gasteiger partial charge in [-0.1, -0.05) is 31.0 Å². The lowest BCUT2D eigenvalue weighted by atomic mass is 9.79. The van der Waals surface area contributed by atoms with Crippen LogP contribution < -0.4 is 20.1 Å². The summed E-state index contributed by atoms with van der Waals surface area (Å²) in [5.41, 5.74) is 2.44. The molecule has 1 saturated carbocycles. The summed E-state index contributed by atoms with van der Waals surface area (Å²) >= 11 is 0. The Kier molecular flexibility index (Phi) is 7.65. The minimum Gasteiger partial charge on any atom is -0.493 e. The second-order valence-electron chi connectivity index (χ2n) is 9.05. The first-order valence-corrected chi connectivity index (χ1v) is 12.0. The molecule has 2 atom stereocenters. The number of ketones is 1. The highest BCUT2D eigenvalue weighted by atomic mass is 16.5. The molecule has 176 valence electrons. The molecule has 6 nitrogen and oxygen atoms in total. The molecule has 0 bridgehead atoms. The average molecular weight is 451 g/mol. The van der Waals surface area contributed by atoms with E-state index >= 15 is 0 Å². The number of carbonyl (C=O) groups excluding carboxylic acids is 2. The molecule has 33 heavy (non-hydrogen) atoms. The predicted molar refractivity (Wildman–Crippen MR) is 128 cm³/mol. The molecule has 0 unspecified atom stereocenters. The number of hydrogen-bond acceptors (Lipinski definition) is 5. The van der Waals surface area contributed by atoms with Crippen molar-refractivity contribution in [3.05, 3.63) is 59.2 Å². The van der Waals surface area contributed by atoms with E-state index in [-0.39, 0.29) is 29.6 Å². The molecule has 2 aromatic rings. The van der Waals surface area contributed by atoms with E-state index in [0.29, 0.717) is 22.6 Å². The fourth-order valence-corrected chi connectivity index (χ4v) is 5.14. The molecule has 0 aromatic heterocycles. The van der Waals surface area contributed by atoms with Crippen LogP contribution in [0.15, 0.2) is 42.5 Å². The van der Waals surface area contributed by atoms with Gasteiger partial charge < -0.3 is 20.1 Å². The normalized spacial score (nSPS) is 21.3. The van der Waals surface area contributed by atoms with Gasteiger partial charge in [-0.05, 0) is 68.6 Å². The third-order valence-corrected chi connectivity index (χ3v) is 7.06. The van der Waals surface area contributed by atoms with Crippen LogP contribution in [-0.4, -0.2) is 45.0 Å². The third kappa shape index (κ3) is 5.38. The standard InChI is InChI=1S/C27H34N2O4/c1-32-24-12-11-21(17-25(24)33-2)22-5-3-4-6-23(22)29-27(31)20-9-7-18(8-10-20)26(30)19-13-15-28-16-14-19/h7-12,17,19,22-23,28H,3-6,13-16H2,1-2H3,(H,29,31)/t22-,23-/m1/s1. The van der Waals surface area contributed by atoms with Crippen molar-refractivity contribution >= 4 is 11.7 Å². The second kappa shape index (κ2) is 10.8. The number of rotatable bonds is 7. The van der Waals surface area contributed by atoms with Crippen LogP contribution in [0.1, 0.15) is 70.7 Å². The van der Waals surface area contributed by atoms with Gasteiger partial charge in [-0.2, -0.15) is 0 Å². The molecule has 6 heteroatoms. The maximum absolute atomic E-state index is 13.0. The van der Waals surface area contributed by atoms with E-state index in [1.807, 2.05) is 12.1 Å². The Labute approximate surface area is 196 Å². The first-order chi connectivity index (χ1) is 16.1. The monoisotopic (exact) mass is 450 g/mol. The lowest BCUT2D eigenvalue weighted by Crippen LogP contribution is -2.41. The number of hydrogen-bond donors (Lipinski definition) is 2. The average Bonchev–Trinajstić information content (AvgIpc) is 2.88. The topological polar surface area (TPSA) is 76.7 Å². The second-order valence-corrected chi connectivity index (χ2v) is 9.05. The number of piperidine rings is 1. The van der Waals surface area contributed by atoms with Gasteiger partial charge in [0.1, 0.15) is 0 Å². The molecule has 1 aliphatic heterocycles. The fraction of sp³-hybridized carbons (Fsp3) is 0.481. The number of methoxy groups -OCH3 is 2. The Morgan fingerprint density at radius 3 is 2.21 bits per heavy atom. The van der Waals surface area contributed by atoms with Crippen molar-refractivity contribution < 1.29 is 19.1 Å². The molecular weight excluding hydrogens is 416 g/mol. The number of benzene rings is 2. The summed E-state index contributed by atoms with van der Waals surface area (Å²) in [6, 6.07) is 13.2. The lowest BCUT2D eigenvalue weighted by molar-refractivity contribution is 0.0890. The van der Waals surface area contributed by atoms with Crippen LogP contribution in [-0.2, 0) is 0 Å². The summed E-state index contributed by atoms with van der Waals surface area (Å²) in [6.07, 6.45) is 5.94. The molecule has 0 radical (unpaired) electrons. The van der Waals surface area contributed by atoms with Gasteiger partial charge in [0.05, 0.1) is 14.2 Å². The van der Waals surface area contributed by atoms with E-state index in [0.717, 1.165) is 57.2 Å². The Balaban J connectivity index is 1.44. The van der Waals surface area contributed by atoms with Crippen molar-refractivity contribution in [2.75, 3.05) is 27.3 Å². The first-order valence-electron chi connectivity index (χ1n) is 12.0. The number of ether oxygens (including phenoxy) is 2. The number of carbonyl (C=O) groups is 2. The Morgan fingerprint density at radius 2 is 1.52 bits per heavy atom. The zero-order chi connectivity index (χ0) is 23.2. The lowest BCUT2D eigenvalue weighted by Gasteiger charge is -2.33. The molecule has 1 saturated heterocycles. The summed E-state index contributed by atoms with van der Waals surface area (Å²) in [5.74, 6) is 1.81. The van der Waals surface area contributed by atoms with Gasteiger partial charge in [-0.3, -0.25) is 9.59 Å². The quantitative estimate of drug-likeness (QED) is 0.614. The van der Waals surface area contributed by atoms with Gasteiger partial charge in [0.15, 0.2) is 17.3 Å². The molecule has 1 aliphatic carbocycles. The van der Waals surface area contributed by atoms with E-state index in [1.165, 1.54) is 0 Å². The van der Waals surface area contributed by atoms with Gasteiger partial charge in [0.2, 0.25) is 0 Å². The van der Waals surface area contributed by atoms with E-state index in [9.17, 15) is 9.59 Å². The van der Waals surface area contributed by atoms with Crippen LogP contribution in [0.3, 0.4) is 0 Å². The van der Waals surface area contributed by atoms with Gasteiger partial charge in [-0.25, -0.2) is 0 Å². The SMILES string of the molecule is COc1ccc([C@H]2CCCC[C@H]2NC(=O)c2ccc(C(=O)C3CCNCC3)cc2)cc1OC. The number of Topliss-reactive ketones (excluding diaryl/α,β-unsaturated/α-hetero) is 1. The van der Waals surface area contributed by atoms with E-state index < -0.39 is 0 Å². The molecule has 2 N–H and O–H groups in total. The summed E-state index contributed by atoms with van der Waals surface area (Å²) in [4.78, 5) is 25.8. The highest BCUT2D eigenvalue weighted by Crippen LogP contribution is 2.37. The molecule has 2 aliphatic rings. The Morgan fingerprint density at radius 1 is 0.848 bits per heavy atom. The summed E-state index contributed by atoms with van der Waals surface area (Å²) in [5, 5.41) is 6.55. The predicted octanol–water partition coefficient (Wildman–Crippen LogP) is 4.34. The fourth-order valence-electron chi connectivity index (χ4n) is 5.14. The van der Waals surface area contributed by atoms with Crippen molar-refractivity contribution in [1.82, 2.24) is 10.6 Å². The van der Waals surface area contributed by atoms with E-state index in [2.05, 4.69) is 16.7 Å². The molecular formula is C27H34N2O4. The van der Waals surface area contributed by atoms with Crippen molar-refractivity contribution in [3.63, 3.8) is 0 Å². The molecule has 2 fully saturated rings. The van der Waals surface area contributed by atoms with Gasteiger partial charge in [0.25, 0.3) is 5.91 Å². The Hall–Kier alpha value is -2.86. The largest absolute Gasteiger partial charge is 0.493 e. The minimum absolute atomic E-state index is 0.0559. The van der Waals surface area contributed by atoms with Crippen molar-refractivity contribution in [1.29, 1.82) is 0 Å². The zero-order valence-corrected chi connectivity index (χ0v) is 19.6. The van der Waals surface area contributed by atoms with Crippen LogP contribution in [0.2, 0.25) is 0 Å². The number of amides is 1. The molecule has 2 aromatic carbocycles. The Bertz CT molecular complexity index is 967. The molecule has 4 rings (SSSR count). The smallest absolute Gasteiger partial charge is 0.251 e. The molecule has 1 amide bonds. The minimum atomic E-state index is -0.0896. The van der Waals surface area contributed by atoms with E-state index in [4.69, 9.17) is 9.47 Å². The highest BCUT2D eigenvalue weighted by Gasteiger charge is 2.29. The highest BCUT2D eigenvalue weighted by molar-refractivity contribution is 6.00. The summed E-state index contributed by atoms with van der Waals surface area (Å²) in [7, 11) is 3.27. The molecule has 1 heterocycles. The van der Waals surface area contributed by atoms with Crippen LogP contribution in [0.4, 0.5) is 0 Å². The van der Waals surface area contributed by atoms with Crippen molar-refractivity contribution in [2.45, 2.75) is 50.5 Å². The van der Waals surface area contributed by atoms with Crippen LogP contribution >= 0.6 is 0 Å². The van der Waals surface area contributed by atoms with Crippen LogP contribution in [0.5, 0.6) is 11.5 Å². The van der Waals surface area contributed by atoms with Gasteiger partial charge in [-0.15, -0.1) is 0 Å². The molecule has 0 spiro atoms. The zero-order valence-electron chi connectivity index (χ0n) is 19.6. The van der Waals surface area contributed by atoms with Crippen LogP contribution in [0, 0.1) is 5.92 Å². The van der Waals surface area contributed by atoms with Crippen LogP contribution in [0.25, 0.3) is 0 Å². The van der Waals surface area contributed by atoms with E-state index in [1.54, 1.807) is 38.5 Å². The van der Waals surface area contributed by atoms with Crippen molar-refractivity contribution in [2.24, 2.45) is 5.92 Å². The first kappa shape index (κ1) is 23.3. The maximum atomic E-state index is 13.0. The summed E-state index contributed by atoms with van der Waals surface area (Å²) < 4.78 is 10.9. The van der Waals surface area contributed by atoms with Gasteiger partial charge in [0, 0.05) is 29.0 Å². The summed E-state index contributed by atoms with van der Waals surface area (Å²) in [6.45, 7) is 1.78. The van der Waals surface area contributed by atoms with Crippen molar-refractivity contribution in [3.8, 4) is 11.5 Å². The number of nitrogens with one attached hydrogen (secondary N) is 2. The maximum Gasteiger partial charge on any atom is 0.251 e.